The van der Waals surface area contributed by atoms with Crippen molar-refractivity contribution in [3.8, 4) is 0 Å². The summed E-state index contributed by atoms with van der Waals surface area (Å²) < 4.78 is 0.928. The highest BCUT2D eigenvalue weighted by Crippen LogP contribution is 2.10. The Hall–Kier alpha value is -1.48. The minimum absolute atomic E-state index is 0.190. The molecule has 2 nitrogen and oxygen atoms in total. The van der Waals surface area contributed by atoms with Gasteiger partial charge in [-0.3, -0.25) is 9.78 Å². The molecule has 0 fully saturated rings. The summed E-state index contributed by atoms with van der Waals surface area (Å²) in [5, 5.41) is 0. The molecule has 3 heteroatoms. The van der Waals surface area contributed by atoms with Crippen LogP contribution in [0.1, 0.15) is 16.8 Å². The van der Waals surface area contributed by atoms with Gasteiger partial charge in [0.2, 0.25) is 0 Å². The standard InChI is InChI=1S/C15H14BrNO/c1-11-3-2-4-12(7-11)8-15(18)9-14-6-5-13(16)10-17-14/h2-7,10H,8-9H2,1H3. The second-order valence-corrected chi connectivity index (χ2v) is 5.26. The van der Waals surface area contributed by atoms with Crippen LogP contribution in [0.25, 0.3) is 0 Å². The number of halogens is 1. The maximum absolute atomic E-state index is 11.9. The fourth-order valence-electron chi connectivity index (χ4n) is 1.83. The first kappa shape index (κ1) is 13.0. The molecular formula is C15H14BrNO. The highest BCUT2D eigenvalue weighted by molar-refractivity contribution is 9.10. The van der Waals surface area contributed by atoms with Gasteiger partial charge in [0.25, 0.3) is 0 Å². The molecule has 0 aliphatic heterocycles. The molecule has 0 N–H and O–H groups in total. The smallest absolute Gasteiger partial charge is 0.143 e. The van der Waals surface area contributed by atoms with E-state index >= 15 is 0 Å². The molecule has 0 radical (unpaired) electrons. The fourth-order valence-corrected chi connectivity index (χ4v) is 2.06. The number of rotatable bonds is 4. The molecule has 1 heterocycles. The van der Waals surface area contributed by atoms with Crippen molar-refractivity contribution < 1.29 is 4.79 Å². The lowest BCUT2D eigenvalue weighted by molar-refractivity contribution is -0.117. The molecule has 0 saturated heterocycles. The van der Waals surface area contributed by atoms with Crippen LogP contribution in [0.15, 0.2) is 47.1 Å². The molecule has 0 saturated carbocycles. The first-order valence-electron chi connectivity index (χ1n) is 5.81. The SMILES string of the molecule is Cc1cccc(CC(=O)Cc2ccc(Br)cn2)c1. The Morgan fingerprint density at radius 2 is 2.06 bits per heavy atom. The largest absolute Gasteiger partial charge is 0.299 e. The Bertz CT molecular complexity index is 549. The summed E-state index contributed by atoms with van der Waals surface area (Å²) in [5.74, 6) is 0.190. The topological polar surface area (TPSA) is 30.0 Å². The number of aryl methyl sites for hydroxylation is 1. The van der Waals surface area contributed by atoms with Crippen molar-refractivity contribution >= 4 is 21.7 Å². The summed E-state index contributed by atoms with van der Waals surface area (Å²) in [5.41, 5.74) is 3.06. The lowest BCUT2D eigenvalue weighted by atomic mass is 10.0. The number of carbonyl (C=O) groups is 1. The summed E-state index contributed by atoms with van der Waals surface area (Å²) in [6, 6.07) is 11.8. The molecule has 0 spiro atoms. The van der Waals surface area contributed by atoms with Gasteiger partial charge in [0.1, 0.15) is 5.78 Å². The van der Waals surface area contributed by atoms with E-state index in [2.05, 4.69) is 20.9 Å². The molecular weight excluding hydrogens is 290 g/mol. The number of hydrogen-bond donors (Lipinski definition) is 0. The summed E-state index contributed by atoms with van der Waals surface area (Å²) in [6.07, 6.45) is 2.58. The fraction of sp³-hybridized carbons (Fsp3) is 0.200. The number of carbonyl (C=O) groups excluding carboxylic acids is 1. The number of hydrogen-bond acceptors (Lipinski definition) is 2. The quantitative estimate of drug-likeness (QED) is 0.865. The van der Waals surface area contributed by atoms with Gasteiger partial charge in [-0.05, 0) is 40.5 Å². The van der Waals surface area contributed by atoms with E-state index in [1.165, 1.54) is 5.56 Å². The van der Waals surface area contributed by atoms with Gasteiger partial charge in [0.05, 0.1) is 0 Å². The number of pyridine rings is 1. The van der Waals surface area contributed by atoms with Gasteiger partial charge in [0, 0.05) is 29.2 Å². The number of aromatic nitrogens is 1. The van der Waals surface area contributed by atoms with Crippen LogP contribution in [0.3, 0.4) is 0 Å². The Morgan fingerprint density at radius 3 is 2.72 bits per heavy atom. The molecule has 0 atom stereocenters. The van der Waals surface area contributed by atoms with Crippen molar-refractivity contribution in [1.29, 1.82) is 0 Å². The van der Waals surface area contributed by atoms with Gasteiger partial charge >= 0.3 is 0 Å². The van der Waals surface area contributed by atoms with Gasteiger partial charge in [0.15, 0.2) is 0 Å². The number of Topliss-reactive ketones (excluding diaryl/α,β-unsaturated/α-hetero) is 1. The normalized spacial score (nSPS) is 10.3. The van der Waals surface area contributed by atoms with Crippen LogP contribution >= 0.6 is 15.9 Å². The van der Waals surface area contributed by atoms with E-state index in [1.54, 1.807) is 6.20 Å². The van der Waals surface area contributed by atoms with E-state index < -0.39 is 0 Å². The van der Waals surface area contributed by atoms with Crippen LogP contribution in [0, 0.1) is 6.92 Å². The zero-order chi connectivity index (χ0) is 13.0. The summed E-state index contributed by atoms with van der Waals surface area (Å²) in [4.78, 5) is 16.1. The van der Waals surface area contributed by atoms with Crippen LogP contribution < -0.4 is 0 Å². The zero-order valence-corrected chi connectivity index (χ0v) is 11.8. The Morgan fingerprint density at radius 1 is 1.22 bits per heavy atom. The molecule has 1 aromatic carbocycles. The Kier molecular flexibility index (Phi) is 4.26. The number of benzene rings is 1. The summed E-state index contributed by atoms with van der Waals surface area (Å²) >= 11 is 3.33. The maximum atomic E-state index is 11.9. The van der Waals surface area contributed by atoms with Crippen molar-refractivity contribution in [1.82, 2.24) is 4.98 Å². The molecule has 0 aliphatic carbocycles. The van der Waals surface area contributed by atoms with Gasteiger partial charge in [-0.15, -0.1) is 0 Å². The van der Waals surface area contributed by atoms with Crippen LogP contribution in [0.2, 0.25) is 0 Å². The second kappa shape index (κ2) is 5.91. The van der Waals surface area contributed by atoms with E-state index in [-0.39, 0.29) is 5.78 Å². The molecule has 18 heavy (non-hydrogen) atoms. The third-order valence-electron chi connectivity index (χ3n) is 2.65. The van der Waals surface area contributed by atoms with E-state index in [0.29, 0.717) is 12.8 Å². The molecule has 0 aliphatic rings. The number of nitrogens with zero attached hydrogens (tertiary/aromatic N) is 1. The Labute approximate surface area is 115 Å². The van der Waals surface area contributed by atoms with Gasteiger partial charge < -0.3 is 0 Å². The van der Waals surface area contributed by atoms with Crippen LogP contribution in [-0.2, 0) is 17.6 Å². The monoisotopic (exact) mass is 303 g/mol. The number of ketones is 1. The molecule has 0 unspecified atom stereocenters. The van der Waals surface area contributed by atoms with E-state index in [0.717, 1.165) is 15.7 Å². The zero-order valence-electron chi connectivity index (χ0n) is 10.2. The van der Waals surface area contributed by atoms with Crippen LogP contribution in [0.5, 0.6) is 0 Å². The predicted molar refractivity (Wildman–Crippen MR) is 75.5 cm³/mol. The predicted octanol–water partition coefficient (Wildman–Crippen LogP) is 3.51. The average molecular weight is 304 g/mol. The molecule has 2 aromatic rings. The van der Waals surface area contributed by atoms with Crippen molar-refractivity contribution in [3.63, 3.8) is 0 Å². The summed E-state index contributed by atoms with van der Waals surface area (Å²) in [7, 11) is 0. The first-order chi connectivity index (χ1) is 8.63. The Balaban J connectivity index is 1.98. The van der Waals surface area contributed by atoms with E-state index in [9.17, 15) is 4.79 Å². The minimum atomic E-state index is 0.190. The van der Waals surface area contributed by atoms with Crippen molar-refractivity contribution in [2.24, 2.45) is 0 Å². The third-order valence-corrected chi connectivity index (χ3v) is 3.12. The third kappa shape index (κ3) is 3.77. The highest BCUT2D eigenvalue weighted by Gasteiger charge is 2.06. The maximum Gasteiger partial charge on any atom is 0.143 e. The molecule has 1 aromatic heterocycles. The molecule has 0 bridgehead atoms. The van der Waals surface area contributed by atoms with Gasteiger partial charge in [-0.2, -0.15) is 0 Å². The van der Waals surface area contributed by atoms with Crippen LogP contribution in [0.4, 0.5) is 0 Å². The average Bonchev–Trinajstić information content (AvgIpc) is 2.32. The molecule has 0 amide bonds. The van der Waals surface area contributed by atoms with Gasteiger partial charge in [-0.25, -0.2) is 0 Å². The van der Waals surface area contributed by atoms with Crippen molar-refractivity contribution in [3.05, 3.63) is 63.9 Å². The van der Waals surface area contributed by atoms with Crippen molar-refractivity contribution in [2.45, 2.75) is 19.8 Å². The van der Waals surface area contributed by atoms with E-state index in [4.69, 9.17) is 0 Å². The lowest BCUT2D eigenvalue weighted by Gasteiger charge is -2.02. The lowest BCUT2D eigenvalue weighted by Crippen LogP contribution is -2.07. The van der Waals surface area contributed by atoms with Crippen LogP contribution in [-0.4, -0.2) is 10.8 Å². The van der Waals surface area contributed by atoms with E-state index in [1.807, 2.05) is 43.3 Å². The molecule has 2 rings (SSSR count). The minimum Gasteiger partial charge on any atom is -0.299 e. The van der Waals surface area contributed by atoms with Crippen molar-refractivity contribution in [2.75, 3.05) is 0 Å². The first-order valence-corrected chi connectivity index (χ1v) is 6.60. The highest BCUT2D eigenvalue weighted by atomic mass is 79.9. The summed E-state index contributed by atoms with van der Waals surface area (Å²) in [6.45, 7) is 2.03. The van der Waals surface area contributed by atoms with Gasteiger partial charge in [-0.1, -0.05) is 29.8 Å². The second-order valence-electron chi connectivity index (χ2n) is 4.35. The molecule has 92 valence electrons.